The van der Waals surface area contributed by atoms with Gasteiger partial charge in [-0.2, -0.15) is 0 Å². The quantitative estimate of drug-likeness (QED) is 0.519. The van der Waals surface area contributed by atoms with Gasteiger partial charge in [-0.3, -0.25) is 4.79 Å². The highest BCUT2D eigenvalue weighted by atomic mass is 16.5. The van der Waals surface area contributed by atoms with E-state index < -0.39 is 11.5 Å². The van der Waals surface area contributed by atoms with Crippen molar-refractivity contribution in [3.05, 3.63) is 108 Å². The number of carbonyl (C=O) groups is 2. The van der Waals surface area contributed by atoms with Crippen LogP contribution in [0.15, 0.2) is 91.0 Å². The number of nitrogens with one attached hydrogen (secondary N) is 1. The highest BCUT2D eigenvalue weighted by molar-refractivity contribution is 5.98. The third-order valence-electron chi connectivity index (χ3n) is 5.11. The zero-order valence-corrected chi connectivity index (χ0v) is 17.2. The first kappa shape index (κ1) is 21.3. The van der Waals surface area contributed by atoms with Crippen LogP contribution in [0, 0.1) is 0 Å². The molecule has 4 nitrogen and oxygen atoms in total. The van der Waals surface area contributed by atoms with Gasteiger partial charge in [-0.05, 0) is 49.4 Å². The van der Waals surface area contributed by atoms with E-state index in [2.05, 4.69) is 17.4 Å². The summed E-state index contributed by atoms with van der Waals surface area (Å²) in [6.45, 7) is 2.02. The van der Waals surface area contributed by atoms with E-state index in [4.69, 9.17) is 4.74 Å². The zero-order valence-electron chi connectivity index (χ0n) is 17.2. The fourth-order valence-electron chi connectivity index (χ4n) is 3.58. The van der Waals surface area contributed by atoms with Gasteiger partial charge in [0, 0.05) is 5.56 Å². The lowest BCUT2D eigenvalue weighted by Gasteiger charge is -2.33. The minimum absolute atomic E-state index is 0.243. The molecule has 0 aliphatic carbocycles. The van der Waals surface area contributed by atoms with Gasteiger partial charge in [0.05, 0.1) is 6.61 Å². The van der Waals surface area contributed by atoms with Gasteiger partial charge >= 0.3 is 5.97 Å². The molecule has 0 aromatic heterocycles. The van der Waals surface area contributed by atoms with Crippen molar-refractivity contribution in [3.63, 3.8) is 0 Å². The van der Waals surface area contributed by atoms with Crippen molar-refractivity contribution in [3.8, 4) is 0 Å². The summed E-state index contributed by atoms with van der Waals surface area (Å²) in [5.74, 6) is -0.735. The Morgan fingerprint density at radius 1 is 0.833 bits per heavy atom. The summed E-state index contributed by atoms with van der Waals surface area (Å²) in [6.07, 6.45) is 1.95. The van der Waals surface area contributed by atoms with Crippen molar-refractivity contribution in [2.24, 2.45) is 0 Å². The molecule has 0 radical (unpaired) electrons. The maximum atomic E-state index is 13.2. The topological polar surface area (TPSA) is 55.4 Å². The Labute approximate surface area is 177 Å². The van der Waals surface area contributed by atoms with Gasteiger partial charge in [0.1, 0.15) is 0 Å². The number of esters is 1. The number of amides is 1. The van der Waals surface area contributed by atoms with E-state index in [1.54, 1.807) is 31.2 Å². The monoisotopic (exact) mass is 401 g/mol. The molecule has 1 atom stereocenters. The summed E-state index contributed by atoms with van der Waals surface area (Å²) in [5.41, 5.74) is 1.17. The highest BCUT2D eigenvalue weighted by Gasteiger charge is 2.42. The number of aryl methyl sites for hydroxylation is 1. The number of rotatable bonds is 9. The minimum Gasteiger partial charge on any atom is -0.464 e. The van der Waals surface area contributed by atoms with Gasteiger partial charge in [-0.25, -0.2) is 4.79 Å². The Morgan fingerprint density at radius 3 is 2.00 bits per heavy atom. The van der Waals surface area contributed by atoms with Crippen molar-refractivity contribution in [1.82, 2.24) is 5.32 Å². The predicted molar refractivity (Wildman–Crippen MR) is 118 cm³/mol. The molecule has 0 aliphatic rings. The molecule has 3 aromatic carbocycles. The van der Waals surface area contributed by atoms with Gasteiger partial charge < -0.3 is 10.1 Å². The number of carbonyl (C=O) groups excluding carboxylic acids is 2. The van der Waals surface area contributed by atoms with Gasteiger partial charge in [-0.15, -0.1) is 0 Å². The summed E-state index contributed by atoms with van der Waals surface area (Å²) in [7, 11) is 0. The van der Waals surface area contributed by atoms with Crippen molar-refractivity contribution >= 4 is 11.9 Å². The van der Waals surface area contributed by atoms with Crippen molar-refractivity contribution in [2.45, 2.75) is 31.7 Å². The lowest BCUT2D eigenvalue weighted by Crippen LogP contribution is -2.52. The van der Waals surface area contributed by atoms with E-state index in [0.717, 1.165) is 12.0 Å². The normalized spacial score (nSPS) is 12.6. The van der Waals surface area contributed by atoms with Gasteiger partial charge in [0.15, 0.2) is 5.54 Å². The summed E-state index contributed by atoms with van der Waals surface area (Å²) < 4.78 is 5.45. The molecule has 30 heavy (non-hydrogen) atoms. The first-order valence-corrected chi connectivity index (χ1v) is 10.3. The molecule has 4 heteroatoms. The molecule has 0 spiro atoms. The molecule has 3 aromatic rings. The number of ether oxygens (including phenoxy) is 1. The van der Waals surface area contributed by atoms with Gasteiger partial charge in [-0.1, -0.05) is 78.9 Å². The SMILES string of the molecule is CCOC(=O)C(CCCc1ccccc1)(NC(=O)c1ccccc1)c1ccccc1. The molecule has 0 fully saturated rings. The summed E-state index contributed by atoms with van der Waals surface area (Å²) in [4.78, 5) is 26.3. The third-order valence-corrected chi connectivity index (χ3v) is 5.11. The first-order chi connectivity index (χ1) is 14.7. The highest BCUT2D eigenvalue weighted by Crippen LogP contribution is 2.30. The van der Waals surface area contributed by atoms with Crippen LogP contribution in [0.2, 0.25) is 0 Å². The van der Waals surface area contributed by atoms with Crippen LogP contribution in [0.3, 0.4) is 0 Å². The lowest BCUT2D eigenvalue weighted by molar-refractivity contribution is -0.151. The molecule has 3 rings (SSSR count). The molecule has 1 N–H and O–H groups in total. The molecule has 0 aliphatic heterocycles. The van der Waals surface area contributed by atoms with Crippen LogP contribution in [0.1, 0.15) is 41.3 Å². The van der Waals surface area contributed by atoms with Crippen LogP contribution >= 0.6 is 0 Å². The van der Waals surface area contributed by atoms with Crippen LogP contribution in [0.25, 0.3) is 0 Å². The number of hydrogen-bond acceptors (Lipinski definition) is 3. The predicted octanol–water partition coefficient (Wildman–Crippen LogP) is 4.90. The third kappa shape index (κ3) is 5.15. The minimum atomic E-state index is -1.25. The van der Waals surface area contributed by atoms with Crippen LogP contribution in [0.5, 0.6) is 0 Å². The van der Waals surface area contributed by atoms with E-state index in [1.807, 2.05) is 54.6 Å². The fraction of sp³-hybridized carbons (Fsp3) is 0.231. The fourth-order valence-corrected chi connectivity index (χ4v) is 3.58. The largest absolute Gasteiger partial charge is 0.464 e. The standard InChI is InChI=1S/C26H27NO3/c1-2-30-25(29)26(23-18-10-5-11-19-23,20-12-15-21-13-6-3-7-14-21)27-24(28)22-16-8-4-9-17-22/h3-11,13-14,16-19H,2,12,15,20H2,1H3,(H,27,28). The summed E-state index contributed by atoms with van der Waals surface area (Å²) >= 11 is 0. The molecular weight excluding hydrogens is 374 g/mol. The van der Waals surface area contributed by atoms with E-state index in [0.29, 0.717) is 18.4 Å². The Balaban J connectivity index is 1.93. The lowest BCUT2D eigenvalue weighted by atomic mass is 9.83. The number of hydrogen-bond donors (Lipinski definition) is 1. The summed E-state index contributed by atoms with van der Waals surface area (Å²) in [6, 6.07) is 28.4. The molecule has 0 heterocycles. The van der Waals surface area contributed by atoms with Crippen LogP contribution < -0.4 is 5.32 Å². The van der Waals surface area contributed by atoms with E-state index in [9.17, 15) is 9.59 Å². The second-order valence-electron chi connectivity index (χ2n) is 7.15. The molecular formula is C26H27NO3. The average molecular weight is 402 g/mol. The van der Waals surface area contributed by atoms with Crippen molar-refractivity contribution in [1.29, 1.82) is 0 Å². The van der Waals surface area contributed by atoms with Gasteiger partial charge in [0.25, 0.3) is 5.91 Å². The second kappa shape index (κ2) is 10.4. The van der Waals surface area contributed by atoms with E-state index >= 15 is 0 Å². The molecule has 0 bridgehead atoms. The Kier molecular flexibility index (Phi) is 7.39. The van der Waals surface area contributed by atoms with Crippen LogP contribution in [-0.2, 0) is 21.5 Å². The van der Waals surface area contributed by atoms with Crippen LogP contribution in [-0.4, -0.2) is 18.5 Å². The maximum Gasteiger partial charge on any atom is 0.336 e. The Morgan fingerprint density at radius 2 is 1.40 bits per heavy atom. The maximum absolute atomic E-state index is 13.2. The Bertz CT molecular complexity index is 942. The smallest absolute Gasteiger partial charge is 0.336 e. The van der Waals surface area contributed by atoms with E-state index in [-0.39, 0.29) is 12.5 Å². The molecule has 154 valence electrons. The average Bonchev–Trinajstić information content (AvgIpc) is 2.80. The number of benzene rings is 3. The van der Waals surface area contributed by atoms with E-state index in [1.165, 1.54) is 5.56 Å². The second-order valence-corrected chi connectivity index (χ2v) is 7.15. The summed E-state index contributed by atoms with van der Waals surface area (Å²) in [5, 5.41) is 3.02. The van der Waals surface area contributed by atoms with Crippen molar-refractivity contribution < 1.29 is 14.3 Å². The molecule has 0 saturated carbocycles. The van der Waals surface area contributed by atoms with Crippen LogP contribution in [0.4, 0.5) is 0 Å². The van der Waals surface area contributed by atoms with Crippen molar-refractivity contribution in [2.75, 3.05) is 6.61 Å². The zero-order chi connectivity index (χ0) is 21.2. The van der Waals surface area contributed by atoms with Gasteiger partial charge in [0.2, 0.25) is 0 Å². The molecule has 1 unspecified atom stereocenters. The molecule has 1 amide bonds. The molecule has 0 saturated heterocycles. The Hall–Kier alpha value is -3.40. The first-order valence-electron chi connectivity index (χ1n) is 10.3.